The number of aromatic nitrogens is 3. The molecule has 1 unspecified atom stereocenters. The Morgan fingerprint density at radius 2 is 1.53 bits per heavy atom. The predicted octanol–water partition coefficient (Wildman–Crippen LogP) is 8.63. The van der Waals surface area contributed by atoms with Gasteiger partial charge in [-0.3, -0.25) is 19.8 Å². The van der Waals surface area contributed by atoms with Crippen molar-refractivity contribution in [2.75, 3.05) is 57.8 Å². The zero-order valence-corrected chi connectivity index (χ0v) is 36.4. The van der Waals surface area contributed by atoms with E-state index in [0.29, 0.717) is 24.7 Å². The van der Waals surface area contributed by atoms with Crippen molar-refractivity contribution in [1.82, 2.24) is 30.1 Å². The van der Waals surface area contributed by atoms with Crippen LogP contribution in [0.4, 0.5) is 5.95 Å². The monoisotopic (exact) mass is 822 g/mol. The fraction of sp³-hybridized carbons (Fsp3) is 0.592. The van der Waals surface area contributed by atoms with Crippen LogP contribution >= 0.6 is 0 Å². The molecule has 4 N–H and O–H groups in total. The van der Waals surface area contributed by atoms with Crippen molar-refractivity contribution in [3.8, 4) is 11.1 Å². The Hall–Kier alpha value is -4.16. The third-order valence-electron chi connectivity index (χ3n) is 12.7. The number of H-pyrrole nitrogens is 1. The average Bonchev–Trinajstić information content (AvgIpc) is 3.70. The number of aromatic amines is 1. The topological polar surface area (TPSA) is 136 Å². The first-order chi connectivity index (χ1) is 29.4. The molecule has 2 aliphatic heterocycles. The molecule has 1 saturated carbocycles. The van der Waals surface area contributed by atoms with E-state index >= 15 is 0 Å². The lowest BCUT2D eigenvalue weighted by molar-refractivity contribution is -0.134. The number of nitrogens with zero attached hydrogens (tertiary/aromatic N) is 4. The van der Waals surface area contributed by atoms with E-state index in [2.05, 4.69) is 80.6 Å². The number of carbonyl (C=O) groups excluding carboxylic acids is 2. The number of rotatable bonds is 20. The van der Waals surface area contributed by atoms with Gasteiger partial charge >= 0.3 is 0 Å². The summed E-state index contributed by atoms with van der Waals surface area (Å²) >= 11 is 0. The van der Waals surface area contributed by atoms with Crippen LogP contribution in [0.3, 0.4) is 0 Å². The number of imide groups is 1. The normalized spacial score (nSPS) is 18.1. The number of aliphatic hydroxyl groups excluding tert-OH is 1. The molecule has 2 aromatic carbocycles. The Labute approximate surface area is 358 Å². The number of unbranched alkanes of at least 4 members (excludes halogenated alkanes) is 3. The molecule has 3 aliphatic rings. The third kappa shape index (κ3) is 14.2. The van der Waals surface area contributed by atoms with E-state index in [4.69, 9.17) is 14.8 Å². The molecule has 3 fully saturated rings. The second kappa shape index (κ2) is 24.3. The average molecular weight is 822 g/mol. The first kappa shape index (κ1) is 45.4. The van der Waals surface area contributed by atoms with Gasteiger partial charge in [-0.15, -0.1) is 0 Å². The molecule has 0 bridgehead atoms. The van der Waals surface area contributed by atoms with Crippen molar-refractivity contribution in [3.05, 3.63) is 77.6 Å². The number of aliphatic hydroxyl groups is 1. The predicted molar refractivity (Wildman–Crippen MR) is 242 cm³/mol. The summed E-state index contributed by atoms with van der Waals surface area (Å²) in [6, 6.07) is 17.2. The minimum Gasteiger partial charge on any atom is -0.393 e. The fourth-order valence-electron chi connectivity index (χ4n) is 8.65. The zero-order chi connectivity index (χ0) is 41.9. The highest BCUT2D eigenvalue weighted by Gasteiger charge is 2.27. The number of piperazine rings is 1. The van der Waals surface area contributed by atoms with Gasteiger partial charge in [0.25, 0.3) is 0 Å². The van der Waals surface area contributed by atoms with E-state index in [1.165, 1.54) is 61.8 Å². The number of amides is 2. The van der Waals surface area contributed by atoms with Crippen LogP contribution in [0.2, 0.25) is 0 Å². The second-order valence-electron chi connectivity index (χ2n) is 17.2. The van der Waals surface area contributed by atoms with E-state index in [-0.39, 0.29) is 23.8 Å². The van der Waals surface area contributed by atoms with Crippen molar-refractivity contribution < 1.29 is 19.4 Å². The molecule has 11 nitrogen and oxygen atoms in total. The van der Waals surface area contributed by atoms with Gasteiger partial charge in [0.2, 0.25) is 17.8 Å². The van der Waals surface area contributed by atoms with Crippen molar-refractivity contribution in [1.29, 1.82) is 0 Å². The highest BCUT2D eigenvalue weighted by atomic mass is 16.5. The largest absolute Gasteiger partial charge is 0.393 e. The smallest absolute Gasteiger partial charge is 0.234 e. The van der Waals surface area contributed by atoms with E-state index in [9.17, 15) is 9.59 Å². The molecule has 0 spiro atoms. The highest BCUT2D eigenvalue weighted by Crippen LogP contribution is 2.29. The lowest BCUT2D eigenvalue weighted by Crippen LogP contribution is -2.46. The molecule has 0 radical (unpaired) electrons. The van der Waals surface area contributed by atoms with Crippen LogP contribution in [0.5, 0.6) is 0 Å². The fourth-order valence-corrected chi connectivity index (χ4v) is 8.65. The van der Waals surface area contributed by atoms with Gasteiger partial charge in [0.1, 0.15) is 5.65 Å². The van der Waals surface area contributed by atoms with Crippen LogP contribution in [-0.2, 0) is 27.3 Å². The van der Waals surface area contributed by atoms with Gasteiger partial charge < -0.3 is 25.0 Å². The number of aryl methyl sites for hydroxylation is 1. The molecule has 1 aliphatic carbocycles. The minimum absolute atomic E-state index is 0.0359. The summed E-state index contributed by atoms with van der Waals surface area (Å²) in [5.41, 5.74) is 6.80. The molecule has 7 rings (SSSR count). The van der Waals surface area contributed by atoms with Gasteiger partial charge in [0.05, 0.1) is 12.0 Å². The van der Waals surface area contributed by atoms with Gasteiger partial charge in [0.15, 0.2) is 0 Å². The molecule has 2 saturated heterocycles. The van der Waals surface area contributed by atoms with Crippen LogP contribution < -0.4 is 10.6 Å². The summed E-state index contributed by atoms with van der Waals surface area (Å²) in [6.07, 6.45) is 20.0. The number of fused-ring (bicyclic) bond motifs is 1. The standard InChI is InChI=1S/C43H59N7O3.C6H12O/c1-3-32(4-2)28-45-43-46-30-39-38(29-44-41(39)48-43)36-17-13-34(14-18-36)31-50-24-22-49(23-25-50)21-7-5-6-8-26-53-27-9-10-33-11-15-35(16-12-33)37-19-20-40(51)47-42(37)52;7-6-4-2-1-3-5-6/h11-18,29-30,32,37H,3-10,19-28,31H2,1-2H3,(H,47,51,52)(H2,44,45,46,48);6-7H,1-5H2. The summed E-state index contributed by atoms with van der Waals surface area (Å²) in [5, 5.41) is 15.8. The Morgan fingerprint density at radius 1 is 0.833 bits per heavy atom. The summed E-state index contributed by atoms with van der Waals surface area (Å²) in [6.45, 7) is 13.7. The van der Waals surface area contributed by atoms with Crippen LogP contribution in [0.25, 0.3) is 22.2 Å². The third-order valence-corrected chi connectivity index (χ3v) is 12.7. The van der Waals surface area contributed by atoms with Gasteiger partial charge in [-0.25, -0.2) is 4.98 Å². The first-order valence-electron chi connectivity index (χ1n) is 23.2. The number of hydrogen-bond donors (Lipinski definition) is 4. The number of anilines is 1. The molecular weight excluding hydrogens is 751 g/mol. The maximum absolute atomic E-state index is 12.1. The number of hydrogen-bond acceptors (Lipinski definition) is 9. The molecule has 60 heavy (non-hydrogen) atoms. The Kier molecular flexibility index (Phi) is 18.4. The number of piperidine rings is 1. The van der Waals surface area contributed by atoms with E-state index in [1.807, 2.05) is 24.5 Å². The van der Waals surface area contributed by atoms with Crippen molar-refractivity contribution in [2.45, 2.75) is 129 Å². The lowest BCUT2D eigenvalue weighted by atomic mass is 9.90. The van der Waals surface area contributed by atoms with Crippen molar-refractivity contribution in [3.63, 3.8) is 0 Å². The van der Waals surface area contributed by atoms with E-state index < -0.39 is 0 Å². The molecule has 2 aromatic heterocycles. The Balaban J connectivity index is 0.000000782. The molecule has 1 atom stereocenters. The van der Waals surface area contributed by atoms with Crippen LogP contribution in [-0.4, -0.2) is 100 Å². The molecular formula is C49H71N7O4. The van der Waals surface area contributed by atoms with E-state index in [1.54, 1.807) is 0 Å². The van der Waals surface area contributed by atoms with Gasteiger partial charge in [-0.05, 0) is 79.7 Å². The molecule has 2 amide bonds. The van der Waals surface area contributed by atoms with Crippen molar-refractivity contribution >= 4 is 28.8 Å². The highest BCUT2D eigenvalue weighted by molar-refractivity contribution is 6.01. The lowest BCUT2D eigenvalue weighted by Gasteiger charge is -2.34. The van der Waals surface area contributed by atoms with Gasteiger partial charge in [-0.1, -0.05) is 107 Å². The van der Waals surface area contributed by atoms with Gasteiger partial charge in [-0.2, -0.15) is 4.98 Å². The molecule has 326 valence electrons. The van der Waals surface area contributed by atoms with Gasteiger partial charge in [0, 0.05) is 82.2 Å². The maximum Gasteiger partial charge on any atom is 0.234 e. The van der Waals surface area contributed by atoms with Crippen LogP contribution in [0.15, 0.2) is 60.9 Å². The first-order valence-corrected chi connectivity index (χ1v) is 23.2. The van der Waals surface area contributed by atoms with Crippen molar-refractivity contribution in [2.24, 2.45) is 5.92 Å². The Bertz CT molecular complexity index is 1860. The molecule has 11 heteroatoms. The van der Waals surface area contributed by atoms with E-state index in [0.717, 1.165) is 120 Å². The zero-order valence-electron chi connectivity index (χ0n) is 36.4. The number of benzene rings is 2. The molecule has 4 heterocycles. The quantitative estimate of drug-likeness (QED) is 0.0511. The van der Waals surface area contributed by atoms with Crippen LogP contribution in [0, 0.1) is 5.92 Å². The Morgan fingerprint density at radius 3 is 2.23 bits per heavy atom. The minimum atomic E-state index is -0.215. The SMILES string of the molecule is CCC(CC)CNc1ncc2c(-c3ccc(CN4CCN(CCCCCCOCCCc5ccc(C6CCC(=O)NC6=O)cc5)CC4)cc3)c[nH]c2n1.OC1CCCCC1. The number of carbonyl (C=O) groups is 2. The summed E-state index contributed by atoms with van der Waals surface area (Å²) in [5.74, 6) is 0.767. The van der Waals surface area contributed by atoms with Crippen LogP contribution in [0.1, 0.15) is 126 Å². The summed E-state index contributed by atoms with van der Waals surface area (Å²) in [4.78, 5) is 41.4. The number of nitrogens with one attached hydrogen (secondary N) is 3. The second-order valence-corrected chi connectivity index (χ2v) is 17.2. The summed E-state index contributed by atoms with van der Waals surface area (Å²) in [7, 11) is 0. The number of ether oxygens (including phenoxy) is 1. The molecule has 4 aromatic rings. The maximum atomic E-state index is 12.1. The summed E-state index contributed by atoms with van der Waals surface area (Å²) < 4.78 is 5.91.